The van der Waals surface area contributed by atoms with Crippen molar-refractivity contribution in [3.63, 3.8) is 0 Å². The molecule has 0 unspecified atom stereocenters. The standard InChI is InChI=1S/C6H9F2NO2S/c1-9-12(10,11)6(2-3-6)4-5(7)8/h4,9H,2-3H2,1H3. The Morgan fingerprint density at radius 1 is 1.50 bits per heavy atom. The first-order chi connectivity index (χ1) is 5.43. The molecule has 1 rings (SSSR count). The topological polar surface area (TPSA) is 46.2 Å². The van der Waals surface area contributed by atoms with E-state index in [-0.39, 0.29) is 12.8 Å². The van der Waals surface area contributed by atoms with Crippen LogP contribution in [-0.2, 0) is 10.0 Å². The maximum absolute atomic E-state index is 11.8. The van der Waals surface area contributed by atoms with Crippen molar-refractivity contribution in [2.24, 2.45) is 0 Å². The van der Waals surface area contributed by atoms with Gasteiger partial charge in [-0.15, -0.1) is 0 Å². The van der Waals surface area contributed by atoms with Crippen LogP contribution in [0.4, 0.5) is 8.78 Å². The highest BCUT2D eigenvalue weighted by Crippen LogP contribution is 2.45. The Balaban J connectivity index is 2.96. The Labute approximate surface area is 69.5 Å². The second-order valence-electron chi connectivity index (χ2n) is 2.71. The van der Waals surface area contributed by atoms with E-state index in [0.717, 1.165) is 0 Å². The third-order valence-electron chi connectivity index (χ3n) is 1.92. The average molecular weight is 197 g/mol. The molecule has 0 aromatic carbocycles. The zero-order valence-corrected chi connectivity index (χ0v) is 7.29. The molecule has 1 aliphatic rings. The summed E-state index contributed by atoms with van der Waals surface area (Å²) in [7, 11) is -2.37. The summed E-state index contributed by atoms with van der Waals surface area (Å²) in [5.41, 5.74) is 0. The van der Waals surface area contributed by atoms with Crippen molar-refractivity contribution in [1.82, 2.24) is 4.72 Å². The molecule has 12 heavy (non-hydrogen) atoms. The number of sulfonamides is 1. The molecule has 1 N–H and O–H groups in total. The lowest BCUT2D eigenvalue weighted by atomic mass is 10.4. The van der Waals surface area contributed by atoms with Gasteiger partial charge in [0.05, 0.1) is 0 Å². The normalized spacial score (nSPS) is 20.2. The molecule has 0 radical (unpaired) electrons. The summed E-state index contributed by atoms with van der Waals surface area (Å²) in [5, 5.41) is 0. The van der Waals surface area contributed by atoms with Crippen LogP contribution in [0.2, 0.25) is 0 Å². The zero-order valence-electron chi connectivity index (χ0n) is 6.47. The average Bonchev–Trinajstić information content (AvgIpc) is 2.68. The predicted molar refractivity (Wildman–Crippen MR) is 40.2 cm³/mol. The van der Waals surface area contributed by atoms with E-state index in [4.69, 9.17) is 0 Å². The molecule has 1 aliphatic carbocycles. The minimum atomic E-state index is -3.59. The van der Waals surface area contributed by atoms with Crippen LogP contribution in [-0.4, -0.2) is 20.2 Å². The minimum Gasteiger partial charge on any atom is -0.218 e. The van der Waals surface area contributed by atoms with Crippen LogP contribution in [0, 0.1) is 0 Å². The first-order valence-corrected chi connectivity index (χ1v) is 4.89. The molecule has 0 heterocycles. The van der Waals surface area contributed by atoms with E-state index in [2.05, 4.69) is 0 Å². The Bertz CT molecular complexity index is 302. The second kappa shape index (κ2) is 2.77. The molecule has 0 saturated heterocycles. The molecule has 1 saturated carbocycles. The first kappa shape index (κ1) is 9.60. The van der Waals surface area contributed by atoms with Crippen molar-refractivity contribution in [1.29, 1.82) is 0 Å². The van der Waals surface area contributed by atoms with E-state index < -0.39 is 20.9 Å². The number of hydrogen-bond acceptors (Lipinski definition) is 2. The lowest BCUT2D eigenvalue weighted by molar-refractivity contribution is 0.416. The molecule has 1 fully saturated rings. The molecule has 0 bridgehead atoms. The van der Waals surface area contributed by atoms with Gasteiger partial charge in [-0.3, -0.25) is 0 Å². The fourth-order valence-corrected chi connectivity index (χ4v) is 2.31. The lowest BCUT2D eigenvalue weighted by Crippen LogP contribution is -2.32. The largest absolute Gasteiger partial charge is 0.267 e. The highest BCUT2D eigenvalue weighted by atomic mass is 32.2. The van der Waals surface area contributed by atoms with Crippen molar-refractivity contribution in [2.75, 3.05) is 7.05 Å². The number of halogens is 2. The van der Waals surface area contributed by atoms with E-state index in [1.807, 2.05) is 4.72 Å². The first-order valence-electron chi connectivity index (χ1n) is 3.40. The molecule has 0 atom stereocenters. The summed E-state index contributed by atoms with van der Waals surface area (Å²) in [4.78, 5) is 0. The monoisotopic (exact) mass is 197 g/mol. The Hall–Kier alpha value is -0.490. The van der Waals surface area contributed by atoms with Gasteiger partial charge in [0.25, 0.3) is 6.08 Å². The summed E-state index contributed by atoms with van der Waals surface area (Å²) >= 11 is 0. The van der Waals surface area contributed by atoms with E-state index >= 15 is 0 Å². The fourth-order valence-electron chi connectivity index (χ4n) is 1.02. The smallest absolute Gasteiger partial charge is 0.218 e. The summed E-state index contributed by atoms with van der Waals surface area (Å²) < 4.78 is 46.6. The third kappa shape index (κ3) is 1.49. The van der Waals surface area contributed by atoms with Gasteiger partial charge in [0.1, 0.15) is 4.75 Å². The Kier molecular flexibility index (Phi) is 2.22. The maximum atomic E-state index is 11.8. The summed E-state index contributed by atoms with van der Waals surface area (Å²) in [6.45, 7) is 0. The minimum absolute atomic E-state index is 0.271. The van der Waals surface area contributed by atoms with Gasteiger partial charge in [-0.25, -0.2) is 13.1 Å². The fraction of sp³-hybridized carbons (Fsp3) is 0.667. The summed E-state index contributed by atoms with van der Waals surface area (Å²) in [6, 6.07) is 0. The van der Waals surface area contributed by atoms with Crippen LogP contribution in [0.25, 0.3) is 0 Å². The van der Waals surface area contributed by atoms with Gasteiger partial charge in [0.2, 0.25) is 10.0 Å². The van der Waals surface area contributed by atoms with Crippen LogP contribution in [0.15, 0.2) is 12.2 Å². The predicted octanol–water partition coefficient (Wildman–Crippen LogP) is 0.849. The highest BCUT2D eigenvalue weighted by Gasteiger charge is 2.53. The molecular formula is C6H9F2NO2S. The van der Waals surface area contributed by atoms with Gasteiger partial charge in [-0.05, 0) is 19.9 Å². The zero-order chi connectivity index (χ0) is 9.41. The maximum Gasteiger partial charge on any atom is 0.267 e. The van der Waals surface area contributed by atoms with Crippen LogP contribution in [0.3, 0.4) is 0 Å². The van der Waals surface area contributed by atoms with Crippen LogP contribution in [0.1, 0.15) is 12.8 Å². The molecule has 70 valence electrons. The van der Waals surface area contributed by atoms with Crippen LogP contribution in [0.5, 0.6) is 0 Å². The summed E-state index contributed by atoms with van der Waals surface area (Å²) in [5.74, 6) is 0. The molecule has 0 amide bonds. The van der Waals surface area contributed by atoms with Gasteiger partial charge < -0.3 is 0 Å². The molecule has 0 aromatic rings. The van der Waals surface area contributed by atoms with E-state index in [0.29, 0.717) is 6.08 Å². The highest BCUT2D eigenvalue weighted by molar-refractivity contribution is 7.91. The third-order valence-corrected chi connectivity index (χ3v) is 4.05. The number of hydrogen-bond donors (Lipinski definition) is 1. The van der Waals surface area contributed by atoms with Crippen molar-refractivity contribution in [3.05, 3.63) is 12.2 Å². The quantitative estimate of drug-likeness (QED) is 0.729. The van der Waals surface area contributed by atoms with Crippen molar-refractivity contribution in [2.45, 2.75) is 17.6 Å². The van der Waals surface area contributed by atoms with Crippen LogP contribution < -0.4 is 4.72 Å². The summed E-state index contributed by atoms with van der Waals surface area (Å²) in [6.07, 6.45) is -0.883. The van der Waals surface area contributed by atoms with Gasteiger partial charge in [0.15, 0.2) is 0 Å². The number of nitrogens with one attached hydrogen (secondary N) is 1. The molecule has 3 nitrogen and oxygen atoms in total. The van der Waals surface area contributed by atoms with E-state index in [1.165, 1.54) is 7.05 Å². The SMILES string of the molecule is CNS(=O)(=O)C1(C=C(F)F)CC1. The van der Waals surface area contributed by atoms with Gasteiger partial charge in [-0.2, -0.15) is 8.78 Å². The van der Waals surface area contributed by atoms with E-state index in [9.17, 15) is 17.2 Å². The van der Waals surface area contributed by atoms with Gasteiger partial charge >= 0.3 is 0 Å². The Morgan fingerprint density at radius 3 is 2.25 bits per heavy atom. The van der Waals surface area contributed by atoms with Crippen molar-refractivity contribution in [3.8, 4) is 0 Å². The van der Waals surface area contributed by atoms with Crippen LogP contribution >= 0.6 is 0 Å². The van der Waals surface area contributed by atoms with Crippen molar-refractivity contribution >= 4 is 10.0 Å². The number of rotatable bonds is 3. The molecule has 0 spiro atoms. The van der Waals surface area contributed by atoms with E-state index in [1.54, 1.807) is 0 Å². The van der Waals surface area contributed by atoms with Gasteiger partial charge in [0, 0.05) is 6.08 Å². The second-order valence-corrected chi connectivity index (χ2v) is 4.93. The van der Waals surface area contributed by atoms with Crippen molar-refractivity contribution < 1.29 is 17.2 Å². The van der Waals surface area contributed by atoms with Gasteiger partial charge in [-0.1, -0.05) is 0 Å². The molecule has 6 heteroatoms. The molecule has 0 aliphatic heterocycles. The Morgan fingerprint density at radius 2 is 2.00 bits per heavy atom. The molecule has 0 aromatic heterocycles. The lowest BCUT2D eigenvalue weighted by Gasteiger charge is -2.08. The molecular weight excluding hydrogens is 188 g/mol.